The van der Waals surface area contributed by atoms with Gasteiger partial charge in [-0.3, -0.25) is 4.72 Å². The highest BCUT2D eigenvalue weighted by Crippen LogP contribution is 2.25. The molecule has 18 heavy (non-hydrogen) atoms. The Kier molecular flexibility index (Phi) is 4.54. The lowest BCUT2D eigenvalue weighted by Gasteiger charge is -2.22. The fourth-order valence-electron chi connectivity index (χ4n) is 1.52. The molecule has 1 aliphatic heterocycles. The van der Waals surface area contributed by atoms with Crippen LogP contribution < -0.4 is 10.0 Å². The molecule has 0 aromatic carbocycles. The van der Waals surface area contributed by atoms with Gasteiger partial charge in [0.05, 0.1) is 18.6 Å². The van der Waals surface area contributed by atoms with Gasteiger partial charge < -0.3 is 10.1 Å². The Morgan fingerprint density at radius 3 is 3.22 bits per heavy atom. The third kappa shape index (κ3) is 3.96. The molecule has 0 saturated heterocycles. The van der Waals surface area contributed by atoms with Crippen LogP contribution in [0.5, 0.6) is 0 Å². The van der Waals surface area contributed by atoms with Crippen molar-refractivity contribution >= 4 is 29.3 Å². The number of hydrogen-bond acceptors (Lipinski definition) is 4. The van der Waals surface area contributed by atoms with Gasteiger partial charge in [0.15, 0.2) is 0 Å². The van der Waals surface area contributed by atoms with Crippen molar-refractivity contribution in [3.8, 4) is 0 Å². The van der Waals surface area contributed by atoms with Gasteiger partial charge in [0.25, 0.3) is 0 Å². The second kappa shape index (κ2) is 6.15. The van der Waals surface area contributed by atoms with E-state index in [-0.39, 0.29) is 11.6 Å². The Morgan fingerprint density at radius 2 is 2.56 bits per heavy atom. The zero-order valence-electron chi connectivity index (χ0n) is 10.1. The summed E-state index contributed by atoms with van der Waals surface area (Å²) in [5.41, 5.74) is -0.189. The number of thiophene rings is 1. The molecule has 0 bridgehead atoms. The van der Waals surface area contributed by atoms with E-state index < -0.39 is 0 Å². The normalized spacial score (nSPS) is 21.6. The van der Waals surface area contributed by atoms with E-state index in [2.05, 4.69) is 10.0 Å². The summed E-state index contributed by atoms with van der Waals surface area (Å²) in [7, 11) is 0. The molecular weight excluding hydrogens is 268 g/mol. The third-order valence-electron chi connectivity index (χ3n) is 2.54. The number of amides is 2. The van der Waals surface area contributed by atoms with Crippen molar-refractivity contribution in [1.29, 1.82) is 0 Å². The Bertz CT molecular complexity index is 410. The molecule has 0 fully saturated rings. The minimum absolute atomic E-state index is 0.164. The van der Waals surface area contributed by atoms with Crippen molar-refractivity contribution in [2.24, 2.45) is 0 Å². The van der Waals surface area contributed by atoms with Gasteiger partial charge in [-0.25, -0.2) is 4.79 Å². The number of rotatable bonds is 5. The number of carbonyl (C=O) groups excluding carboxylic acids is 1. The summed E-state index contributed by atoms with van der Waals surface area (Å²) in [6.07, 6.45) is 4.60. The first-order valence-corrected chi connectivity index (χ1v) is 7.55. The fourth-order valence-corrected chi connectivity index (χ4v) is 2.93. The molecule has 2 rings (SSSR count). The number of nitrogens with one attached hydrogen (secondary N) is 2. The van der Waals surface area contributed by atoms with E-state index in [4.69, 9.17) is 4.74 Å². The Labute approximate surface area is 115 Å². The molecule has 1 atom stereocenters. The van der Waals surface area contributed by atoms with Crippen LogP contribution in [-0.4, -0.2) is 17.4 Å². The molecule has 0 spiro atoms. The molecule has 0 radical (unpaired) electrons. The summed E-state index contributed by atoms with van der Waals surface area (Å²) >= 11 is 3.00. The highest BCUT2D eigenvalue weighted by molar-refractivity contribution is 7.98. The summed E-state index contributed by atoms with van der Waals surface area (Å²) in [4.78, 5) is 12.7. The molecule has 98 valence electrons. The Morgan fingerprint density at radius 1 is 1.67 bits per heavy atom. The zero-order chi connectivity index (χ0) is 12.8. The molecule has 6 heteroatoms. The highest BCUT2D eigenvalue weighted by Gasteiger charge is 2.27. The van der Waals surface area contributed by atoms with E-state index >= 15 is 0 Å². The lowest BCUT2D eigenvalue weighted by molar-refractivity contribution is 0.0876. The van der Waals surface area contributed by atoms with Crippen LogP contribution in [0.15, 0.2) is 29.9 Å². The van der Waals surface area contributed by atoms with Crippen LogP contribution in [0, 0.1) is 0 Å². The maximum Gasteiger partial charge on any atom is 0.325 e. The van der Waals surface area contributed by atoms with Gasteiger partial charge in [0, 0.05) is 11.3 Å². The summed E-state index contributed by atoms with van der Waals surface area (Å²) < 4.78 is 8.23. The first-order valence-electron chi connectivity index (χ1n) is 5.69. The maximum atomic E-state index is 11.5. The van der Waals surface area contributed by atoms with Crippen LogP contribution in [-0.2, 0) is 11.3 Å². The molecule has 1 aromatic rings. The smallest absolute Gasteiger partial charge is 0.325 e. The first kappa shape index (κ1) is 13.3. The van der Waals surface area contributed by atoms with Crippen molar-refractivity contribution in [3.05, 3.63) is 34.7 Å². The van der Waals surface area contributed by atoms with Crippen molar-refractivity contribution in [1.82, 2.24) is 10.0 Å². The third-order valence-corrected chi connectivity index (χ3v) is 4.51. The SMILES string of the molecule is CC1(CSNC(=O)NCc2cccs2)CC=CO1. The van der Waals surface area contributed by atoms with E-state index in [0.717, 1.165) is 17.1 Å². The average Bonchev–Trinajstić information content (AvgIpc) is 2.98. The topological polar surface area (TPSA) is 50.4 Å². The van der Waals surface area contributed by atoms with Gasteiger partial charge in [-0.1, -0.05) is 6.07 Å². The van der Waals surface area contributed by atoms with Gasteiger partial charge in [0.1, 0.15) is 5.60 Å². The van der Waals surface area contributed by atoms with Crippen LogP contribution in [0.25, 0.3) is 0 Å². The molecular formula is C12H16N2O2S2. The second-order valence-corrected chi connectivity index (χ2v) is 6.11. The van der Waals surface area contributed by atoms with Gasteiger partial charge in [-0.05, 0) is 36.4 Å². The number of ether oxygens (including phenoxy) is 1. The number of hydrogen-bond donors (Lipinski definition) is 2. The summed E-state index contributed by atoms with van der Waals surface area (Å²) in [6.45, 7) is 2.60. The van der Waals surface area contributed by atoms with Crippen LogP contribution in [0.4, 0.5) is 4.79 Å². The van der Waals surface area contributed by atoms with E-state index in [1.807, 2.05) is 30.5 Å². The predicted octanol–water partition coefficient (Wildman–Crippen LogP) is 2.89. The van der Waals surface area contributed by atoms with Crippen LogP contribution in [0.2, 0.25) is 0 Å². The van der Waals surface area contributed by atoms with Gasteiger partial charge in [-0.15, -0.1) is 11.3 Å². The second-order valence-electron chi connectivity index (χ2n) is 4.30. The molecule has 0 saturated carbocycles. The summed E-state index contributed by atoms with van der Waals surface area (Å²) in [6, 6.07) is 3.81. The first-order chi connectivity index (χ1) is 8.68. The van der Waals surface area contributed by atoms with Crippen molar-refractivity contribution in [2.45, 2.75) is 25.5 Å². The van der Waals surface area contributed by atoms with E-state index in [9.17, 15) is 4.79 Å². The largest absolute Gasteiger partial charge is 0.494 e. The van der Waals surface area contributed by atoms with Crippen LogP contribution in [0.3, 0.4) is 0 Å². The van der Waals surface area contributed by atoms with Crippen molar-refractivity contribution in [2.75, 3.05) is 5.75 Å². The van der Waals surface area contributed by atoms with E-state index in [0.29, 0.717) is 6.54 Å². The maximum absolute atomic E-state index is 11.5. The van der Waals surface area contributed by atoms with Gasteiger partial charge in [-0.2, -0.15) is 0 Å². The van der Waals surface area contributed by atoms with Crippen LogP contribution >= 0.6 is 23.3 Å². The highest BCUT2D eigenvalue weighted by atomic mass is 32.2. The van der Waals surface area contributed by atoms with E-state index in [1.165, 1.54) is 11.9 Å². The molecule has 2 amide bonds. The van der Waals surface area contributed by atoms with Gasteiger partial charge >= 0.3 is 6.03 Å². The van der Waals surface area contributed by atoms with E-state index in [1.54, 1.807) is 17.6 Å². The average molecular weight is 284 g/mol. The van der Waals surface area contributed by atoms with Crippen LogP contribution in [0.1, 0.15) is 18.2 Å². The lowest BCUT2D eigenvalue weighted by Crippen LogP contribution is -2.34. The molecule has 1 aromatic heterocycles. The minimum Gasteiger partial charge on any atom is -0.494 e. The molecule has 2 N–H and O–H groups in total. The zero-order valence-corrected chi connectivity index (χ0v) is 11.8. The standard InChI is InChI=1S/C12H16N2O2S2/c1-12(5-3-6-16-12)9-18-14-11(15)13-8-10-4-2-7-17-10/h2-4,6-7H,5,8-9H2,1H3,(H2,13,14,15). The predicted molar refractivity (Wildman–Crippen MR) is 75.4 cm³/mol. The molecule has 2 heterocycles. The number of urea groups is 1. The quantitative estimate of drug-likeness (QED) is 0.817. The number of carbonyl (C=O) groups is 1. The molecule has 0 aliphatic carbocycles. The Balaban J connectivity index is 1.60. The molecule has 4 nitrogen and oxygen atoms in total. The summed E-state index contributed by atoms with van der Waals surface area (Å²) in [5, 5.41) is 4.80. The van der Waals surface area contributed by atoms with Crippen molar-refractivity contribution in [3.63, 3.8) is 0 Å². The Hall–Kier alpha value is -1.14. The fraction of sp³-hybridized carbons (Fsp3) is 0.417. The van der Waals surface area contributed by atoms with Gasteiger partial charge in [0.2, 0.25) is 0 Å². The minimum atomic E-state index is -0.189. The van der Waals surface area contributed by atoms with Crippen molar-refractivity contribution < 1.29 is 9.53 Å². The lowest BCUT2D eigenvalue weighted by atomic mass is 10.1. The molecule has 1 unspecified atom stereocenters. The molecule has 1 aliphatic rings. The summed E-state index contributed by atoms with van der Waals surface area (Å²) in [5.74, 6) is 0.729. The monoisotopic (exact) mass is 284 g/mol.